The SMILES string of the molecule is O=CN1C=COCCC1. The number of hydrogen-bond acceptors (Lipinski definition) is 2. The lowest BCUT2D eigenvalue weighted by Gasteiger charge is -2.05. The van der Waals surface area contributed by atoms with E-state index in [1.807, 2.05) is 0 Å². The van der Waals surface area contributed by atoms with Crippen molar-refractivity contribution in [1.29, 1.82) is 0 Å². The van der Waals surface area contributed by atoms with Crippen LogP contribution in [0.3, 0.4) is 0 Å². The van der Waals surface area contributed by atoms with Gasteiger partial charge in [0.05, 0.1) is 12.9 Å². The van der Waals surface area contributed by atoms with Gasteiger partial charge in [-0.15, -0.1) is 0 Å². The van der Waals surface area contributed by atoms with E-state index in [9.17, 15) is 4.79 Å². The summed E-state index contributed by atoms with van der Waals surface area (Å²) in [6.45, 7) is 1.47. The molecule has 0 aromatic carbocycles. The van der Waals surface area contributed by atoms with Crippen molar-refractivity contribution in [1.82, 2.24) is 4.90 Å². The largest absolute Gasteiger partial charge is 0.500 e. The van der Waals surface area contributed by atoms with Gasteiger partial charge in [0.2, 0.25) is 6.41 Å². The zero-order valence-electron chi connectivity index (χ0n) is 5.12. The van der Waals surface area contributed by atoms with Crippen LogP contribution in [0.25, 0.3) is 0 Å². The van der Waals surface area contributed by atoms with Crippen LogP contribution in [-0.4, -0.2) is 24.5 Å². The van der Waals surface area contributed by atoms with Crippen LogP contribution < -0.4 is 0 Å². The summed E-state index contributed by atoms with van der Waals surface area (Å²) in [5.41, 5.74) is 0. The Morgan fingerprint density at radius 2 is 2.56 bits per heavy atom. The van der Waals surface area contributed by atoms with Gasteiger partial charge in [-0.3, -0.25) is 4.79 Å². The van der Waals surface area contributed by atoms with Crippen molar-refractivity contribution in [3.05, 3.63) is 12.5 Å². The summed E-state index contributed by atoms with van der Waals surface area (Å²) in [4.78, 5) is 11.7. The summed E-state index contributed by atoms with van der Waals surface area (Å²) in [6.07, 6.45) is 4.89. The van der Waals surface area contributed by atoms with Crippen molar-refractivity contribution in [3.8, 4) is 0 Å². The fourth-order valence-electron chi connectivity index (χ4n) is 0.682. The van der Waals surface area contributed by atoms with Crippen LogP contribution in [0.1, 0.15) is 6.42 Å². The predicted molar refractivity (Wildman–Crippen MR) is 32.5 cm³/mol. The van der Waals surface area contributed by atoms with Crippen molar-refractivity contribution >= 4 is 6.41 Å². The first-order valence-corrected chi connectivity index (χ1v) is 2.93. The molecular formula is C6H9NO2. The molecule has 1 rings (SSSR count). The summed E-state index contributed by atoms with van der Waals surface area (Å²) in [7, 11) is 0. The Morgan fingerprint density at radius 1 is 1.67 bits per heavy atom. The third kappa shape index (κ3) is 1.76. The van der Waals surface area contributed by atoms with E-state index in [0.29, 0.717) is 6.61 Å². The normalized spacial score (nSPS) is 18.4. The number of carbonyl (C=O) groups is 1. The Labute approximate surface area is 53.9 Å². The summed E-state index contributed by atoms with van der Waals surface area (Å²) < 4.78 is 4.95. The van der Waals surface area contributed by atoms with Crippen LogP contribution in [0.15, 0.2) is 12.5 Å². The Hall–Kier alpha value is -0.990. The molecular weight excluding hydrogens is 118 g/mol. The number of carbonyl (C=O) groups excluding carboxylic acids is 1. The molecule has 0 aliphatic carbocycles. The maximum absolute atomic E-state index is 10.1. The molecule has 0 fully saturated rings. The summed E-state index contributed by atoms with van der Waals surface area (Å²) in [6, 6.07) is 0. The van der Waals surface area contributed by atoms with Gasteiger partial charge in [-0.25, -0.2) is 0 Å². The van der Waals surface area contributed by atoms with E-state index in [4.69, 9.17) is 4.74 Å². The standard InChI is InChI=1S/C6H9NO2/c8-6-7-2-1-4-9-5-3-7/h3,5-6H,1-2,4H2. The van der Waals surface area contributed by atoms with Gasteiger partial charge in [0.25, 0.3) is 0 Å². The molecule has 0 radical (unpaired) electrons. The number of rotatable bonds is 1. The molecule has 0 aromatic rings. The molecule has 1 amide bonds. The number of ether oxygens (including phenoxy) is 1. The molecule has 3 heteroatoms. The summed E-state index contributed by atoms with van der Waals surface area (Å²) in [5.74, 6) is 0. The molecule has 0 atom stereocenters. The highest BCUT2D eigenvalue weighted by atomic mass is 16.5. The molecule has 0 bridgehead atoms. The Bertz CT molecular complexity index is 122. The highest BCUT2D eigenvalue weighted by Crippen LogP contribution is 1.95. The van der Waals surface area contributed by atoms with Gasteiger partial charge in [-0.05, 0) is 6.42 Å². The highest BCUT2D eigenvalue weighted by Gasteiger charge is 1.98. The number of nitrogens with zero attached hydrogens (tertiary/aromatic N) is 1. The Balaban J connectivity index is 2.41. The van der Waals surface area contributed by atoms with Gasteiger partial charge in [0.15, 0.2) is 0 Å². The molecule has 0 unspecified atom stereocenters. The predicted octanol–water partition coefficient (Wildman–Crippen LogP) is 0.336. The van der Waals surface area contributed by atoms with E-state index in [-0.39, 0.29) is 0 Å². The second-order valence-electron chi connectivity index (χ2n) is 1.85. The van der Waals surface area contributed by atoms with Crippen molar-refractivity contribution in [2.45, 2.75) is 6.42 Å². The van der Waals surface area contributed by atoms with Gasteiger partial charge in [-0.2, -0.15) is 0 Å². The second-order valence-corrected chi connectivity index (χ2v) is 1.85. The highest BCUT2D eigenvalue weighted by molar-refractivity contribution is 5.48. The van der Waals surface area contributed by atoms with E-state index in [0.717, 1.165) is 19.4 Å². The topological polar surface area (TPSA) is 29.5 Å². The smallest absolute Gasteiger partial charge is 0.213 e. The van der Waals surface area contributed by atoms with Gasteiger partial charge in [0, 0.05) is 12.7 Å². The molecule has 0 N–H and O–H groups in total. The lowest BCUT2D eigenvalue weighted by atomic mass is 10.4. The molecule has 9 heavy (non-hydrogen) atoms. The van der Waals surface area contributed by atoms with Gasteiger partial charge >= 0.3 is 0 Å². The van der Waals surface area contributed by atoms with Crippen LogP contribution in [0.5, 0.6) is 0 Å². The van der Waals surface area contributed by atoms with Crippen molar-refractivity contribution < 1.29 is 9.53 Å². The molecule has 0 aromatic heterocycles. The monoisotopic (exact) mass is 127 g/mol. The fraction of sp³-hybridized carbons (Fsp3) is 0.500. The first-order valence-electron chi connectivity index (χ1n) is 2.93. The maximum atomic E-state index is 10.1. The fourth-order valence-corrected chi connectivity index (χ4v) is 0.682. The summed E-state index contributed by atoms with van der Waals surface area (Å²) in [5, 5.41) is 0. The molecule has 1 heterocycles. The Morgan fingerprint density at radius 3 is 3.33 bits per heavy atom. The van der Waals surface area contributed by atoms with E-state index in [2.05, 4.69) is 0 Å². The zero-order valence-corrected chi connectivity index (χ0v) is 5.12. The average Bonchev–Trinajstić information content (AvgIpc) is 2.13. The van der Waals surface area contributed by atoms with Crippen LogP contribution in [0.2, 0.25) is 0 Å². The molecule has 50 valence electrons. The average molecular weight is 127 g/mol. The third-order valence-electron chi connectivity index (χ3n) is 1.16. The number of hydrogen-bond donors (Lipinski definition) is 0. The van der Waals surface area contributed by atoms with Crippen LogP contribution in [-0.2, 0) is 9.53 Å². The lowest BCUT2D eigenvalue weighted by Crippen LogP contribution is -2.15. The van der Waals surface area contributed by atoms with E-state index < -0.39 is 0 Å². The van der Waals surface area contributed by atoms with E-state index in [1.54, 1.807) is 17.4 Å². The minimum atomic E-state index is 0.709. The second kappa shape index (κ2) is 3.12. The quantitative estimate of drug-likeness (QED) is 0.475. The number of amides is 1. The molecule has 1 aliphatic rings. The van der Waals surface area contributed by atoms with Gasteiger partial charge < -0.3 is 9.64 Å². The first-order chi connectivity index (χ1) is 4.43. The molecule has 0 saturated heterocycles. The molecule has 3 nitrogen and oxygen atoms in total. The lowest BCUT2D eigenvalue weighted by molar-refractivity contribution is -0.115. The van der Waals surface area contributed by atoms with E-state index >= 15 is 0 Å². The van der Waals surface area contributed by atoms with Gasteiger partial charge in [0.1, 0.15) is 0 Å². The molecule has 0 saturated carbocycles. The van der Waals surface area contributed by atoms with Crippen LogP contribution >= 0.6 is 0 Å². The van der Waals surface area contributed by atoms with Crippen molar-refractivity contribution in [2.75, 3.05) is 13.2 Å². The van der Waals surface area contributed by atoms with E-state index in [1.165, 1.54) is 0 Å². The van der Waals surface area contributed by atoms with Crippen LogP contribution in [0, 0.1) is 0 Å². The van der Waals surface area contributed by atoms with Crippen LogP contribution in [0.4, 0.5) is 0 Å². The minimum absolute atomic E-state index is 0.709. The maximum Gasteiger partial charge on any atom is 0.213 e. The Kier molecular flexibility index (Phi) is 2.13. The minimum Gasteiger partial charge on any atom is -0.500 e. The third-order valence-corrected chi connectivity index (χ3v) is 1.16. The molecule has 0 spiro atoms. The zero-order chi connectivity index (χ0) is 6.53. The first kappa shape index (κ1) is 6.13. The molecule has 1 aliphatic heterocycles. The summed E-state index contributed by atoms with van der Waals surface area (Å²) >= 11 is 0. The van der Waals surface area contributed by atoms with Gasteiger partial charge in [-0.1, -0.05) is 0 Å². The van der Waals surface area contributed by atoms with Crippen molar-refractivity contribution in [3.63, 3.8) is 0 Å². The van der Waals surface area contributed by atoms with Crippen molar-refractivity contribution in [2.24, 2.45) is 0 Å².